The van der Waals surface area contributed by atoms with Crippen LogP contribution in [-0.4, -0.2) is 27.3 Å². The molecule has 0 aliphatic rings. The Bertz CT molecular complexity index is 474. The van der Waals surface area contributed by atoms with E-state index >= 15 is 0 Å². The molecule has 17 heavy (non-hydrogen) atoms. The minimum atomic E-state index is -3.46. The molecule has 7 heteroatoms. The van der Waals surface area contributed by atoms with Crippen molar-refractivity contribution in [3.05, 3.63) is 18.2 Å². The van der Waals surface area contributed by atoms with E-state index in [1.807, 2.05) is 6.92 Å². The van der Waals surface area contributed by atoms with Crippen LogP contribution in [0.15, 0.2) is 18.2 Å². The van der Waals surface area contributed by atoms with E-state index in [2.05, 4.69) is 5.32 Å². The van der Waals surface area contributed by atoms with E-state index in [9.17, 15) is 8.42 Å². The Morgan fingerprint density at radius 1 is 1.41 bits per heavy atom. The lowest BCUT2D eigenvalue weighted by atomic mass is 10.2. The van der Waals surface area contributed by atoms with Crippen LogP contribution < -0.4 is 20.9 Å². The minimum absolute atomic E-state index is 0.148. The number of nitrogens with two attached hydrogens (primary N) is 2. The van der Waals surface area contributed by atoms with Crippen molar-refractivity contribution in [2.75, 3.05) is 30.0 Å². The fourth-order valence-electron chi connectivity index (χ4n) is 1.31. The second-order valence-electron chi connectivity index (χ2n) is 3.44. The Morgan fingerprint density at radius 2 is 2.12 bits per heavy atom. The number of primary sulfonamides is 1. The standard InChI is InChI=1S/C10H17N3O3S/c1-2-16-9-5-3-4-8(10(9)11)13-6-7-17(12,14)15/h3-5,13H,2,6-7,11H2,1H3,(H2,12,14,15). The summed E-state index contributed by atoms with van der Waals surface area (Å²) in [6.45, 7) is 2.59. The predicted octanol–water partition coefficient (Wildman–Crippen LogP) is 0.368. The molecule has 0 saturated heterocycles. The number of ether oxygens (including phenoxy) is 1. The minimum Gasteiger partial charge on any atom is -0.492 e. The molecule has 0 saturated carbocycles. The summed E-state index contributed by atoms with van der Waals surface area (Å²) < 4.78 is 26.8. The van der Waals surface area contributed by atoms with Gasteiger partial charge in [0.25, 0.3) is 0 Å². The van der Waals surface area contributed by atoms with E-state index in [0.717, 1.165) is 0 Å². The Hall–Kier alpha value is -1.47. The molecule has 0 unspecified atom stereocenters. The zero-order valence-electron chi connectivity index (χ0n) is 9.64. The van der Waals surface area contributed by atoms with Crippen molar-refractivity contribution in [2.24, 2.45) is 5.14 Å². The highest BCUT2D eigenvalue weighted by Gasteiger charge is 2.06. The van der Waals surface area contributed by atoms with Crippen LogP contribution in [0.1, 0.15) is 6.92 Å². The van der Waals surface area contributed by atoms with Gasteiger partial charge in [0.05, 0.1) is 23.7 Å². The molecule has 0 aliphatic carbocycles. The summed E-state index contributed by atoms with van der Waals surface area (Å²) in [7, 11) is -3.46. The number of rotatable bonds is 6. The maximum Gasteiger partial charge on any atom is 0.210 e. The van der Waals surface area contributed by atoms with Crippen molar-refractivity contribution < 1.29 is 13.2 Å². The smallest absolute Gasteiger partial charge is 0.210 e. The lowest BCUT2D eigenvalue weighted by Gasteiger charge is -2.12. The molecule has 0 aromatic heterocycles. The maximum absolute atomic E-state index is 10.8. The number of anilines is 2. The molecule has 0 spiro atoms. The summed E-state index contributed by atoms with van der Waals surface area (Å²) in [4.78, 5) is 0. The van der Waals surface area contributed by atoms with Crippen molar-refractivity contribution in [1.29, 1.82) is 0 Å². The molecule has 0 fully saturated rings. The summed E-state index contributed by atoms with van der Waals surface area (Å²) in [5.41, 5.74) is 6.95. The van der Waals surface area contributed by atoms with E-state index in [4.69, 9.17) is 15.6 Å². The molecular formula is C10H17N3O3S. The van der Waals surface area contributed by atoms with E-state index in [-0.39, 0.29) is 12.3 Å². The summed E-state index contributed by atoms with van der Waals surface area (Å²) in [6.07, 6.45) is 0. The fourth-order valence-corrected chi connectivity index (χ4v) is 1.69. The van der Waals surface area contributed by atoms with E-state index in [1.54, 1.807) is 18.2 Å². The van der Waals surface area contributed by atoms with E-state index in [1.165, 1.54) is 0 Å². The molecular weight excluding hydrogens is 242 g/mol. The topological polar surface area (TPSA) is 107 Å². The quantitative estimate of drug-likeness (QED) is 0.640. The van der Waals surface area contributed by atoms with Crippen LogP contribution in [-0.2, 0) is 10.0 Å². The summed E-state index contributed by atoms with van der Waals surface area (Å²) in [5.74, 6) is 0.429. The predicted molar refractivity (Wildman–Crippen MR) is 68.5 cm³/mol. The zero-order valence-corrected chi connectivity index (χ0v) is 10.5. The van der Waals surface area contributed by atoms with Gasteiger partial charge in [-0.3, -0.25) is 0 Å². The second kappa shape index (κ2) is 5.74. The van der Waals surface area contributed by atoms with Gasteiger partial charge in [-0.05, 0) is 19.1 Å². The lowest BCUT2D eigenvalue weighted by Crippen LogP contribution is -2.22. The van der Waals surface area contributed by atoms with Gasteiger partial charge in [0.15, 0.2) is 0 Å². The van der Waals surface area contributed by atoms with Crippen molar-refractivity contribution in [3.63, 3.8) is 0 Å². The number of hydrogen-bond acceptors (Lipinski definition) is 5. The highest BCUT2D eigenvalue weighted by Crippen LogP contribution is 2.29. The molecule has 5 N–H and O–H groups in total. The SMILES string of the molecule is CCOc1cccc(NCCS(N)(=O)=O)c1N. The third kappa shape index (κ3) is 4.49. The van der Waals surface area contributed by atoms with Crippen molar-refractivity contribution in [2.45, 2.75) is 6.92 Å². The molecule has 0 heterocycles. The molecule has 96 valence electrons. The number of para-hydroxylation sites is 1. The zero-order chi connectivity index (χ0) is 12.9. The number of benzene rings is 1. The van der Waals surface area contributed by atoms with Crippen LogP contribution in [0.3, 0.4) is 0 Å². The van der Waals surface area contributed by atoms with Crippen LogP contribution in [0.4, 0.5) is 11.4 Å². The summed E-state index contributed by atoms with van der Waals surface area (Å²) in [5, 5.41) is 7.80. The van der Waals surface area contributed by atoms with Gasteiger partial charge in [0.1, 0.15) is 5.75 Å². The van der Waals surface area contributed by atoms with Crippen LogP contribution in [0.5, 0.6) is 5.75 Å². The number of nitrogens with one attached hydrogen (secondary N) is 1. The first-order chi connectivity index (χ1) is 7.94. The van der Waals surface area contributed by atoms with E-state index in [0.29, 0.717) is 23.7 Å². The van der Waals surface area contributed by atoms with Crippen LogP contribution in [0, 0.1) is 0 Å². The van der Waals surface area contributed by atoms with Gasteiger partial charge in [0.2, 0.25) is 10.0 Å². The Labute approximate surface area is 101 Å². The molecule has 0 amide bonds. The molecule has 1 rings (SSSR count). The first-order valence-electron chi connectivity index (χ1n) is 5.19. The molecule has 0 bridgehead atoms. The molecule has 1 aromatic rings. The van der Waals surface area contributed by atoms with Gasteiger partial charge in [-0.15, -0.1) is 0 Å². The summed E-state index contributed by atoms with van der Waals surface area (Å²) >= 11 is 0. The summed E-state index contributed by atoms with van der Waals surface area (Å²) in [6, 6.07) is 5.28. The Kier molecular flexibility index (Phi) is 4.59. The number of nitrogen functional groups attached to an aromatic ring is 1. The number of hydrogen-bond donors (Lipinski definition) is 3. The molecule has 0 aliphatic heterocycles. The van der Waals surface area contributed by atoms with Crippen molar-refractivity contribution in [1.82, 2.24) is 0 Å². The maximum atomic E-state index is 10.8. The van der Waals surface area contributed by atoms with Crippen molar-refractivity contribution in [3.8, 4) is 5.75 Å². The first kappa shape index (κ1) is 13.6. The highest BCUT2D eigenvalue weighted by atomic mass is 32.2. The largest absolute Gasteiger partial charge is 0.492 e. The van der Waals surface area contributed by atoms with E-state index < -0.39 is 10.0 Å². The third-order valence-electron chi connectivity index (χ3n) is 2.07. The molecule has 1 aromatic carbocycles. The van der Waals surface area contributed by atoms with Gasteiger partial charge in [-0.1, -0.05) is 6.07 Å². The van der Waals surface area contributed by atoms with Crippen LogP contribution in [0.2, 0.25) is 0 Å². The monoisotopic (exact) mass is 259 g/mol. The average Bonchev–Trinajstić information content (AvgIpc) is 2.22. The molecule has 6 nitrogen and oxygen atoms in total. The third-order valence-corrected chi connectivity index (χ3v) is 2.84. The highest BCUT2D eigenvalue weighted by molar-refractivity contribution is 7.89. The van der Waals surface area contributed by atoms with Crippen molar-refractivity contribution >= 4 is 21.4 Å². The Morgan fingerprint density at radius 3 is 2.71 bits per heavy atom. The van der Waals surface area contributed by atoms with Gasteiger partial charge >= 0.3 is 0 Å². The van der Waals surface area contributed by atoms with Gasteiger partial charge in [0, 0.05) is 6.54 Å². The van der Waals surface area contributed by atoms with Gasteiger partial charge < -0.3 is 15.8 Å². The average molecular weight is 259 g/mol. The van der Waals surface area contributed by atoms with Gasteiger partial charge in [-0.25, -0.2) is 13.6 Å². The molecule has 0 atom stereocenters. The number of sulfonamides is 1. The normalized spacial score (nSPS) is 11.2. The second-order valence-corrected chi connectivity index (χ2v) is 5.18. The van der Waals surface area contributed by atoms with Gasteiger partial charge in [-0.2, -0.15) is 0 Å². The fraction of sp³-hybridized carbons (Fsp3) is 0.400. The Balaban J connectivity index is 2.68. The lowest BCUT2D eigenvalue weighted by molar-refractivity contribution is 0.342. The van der Waals surface area contributed by atoms with Crippen LogP contribution >= 0.6 is 0 Å². The van der Waals surface area contributed by atoms with Crippen LogP contribution in [0.25, 0.3) is 0 Å². The first-order valence-corrected chi connectivity index (χ1v) is 6.91. The molecule has 0 radical (unpaired) electrons.